The van der Waals surface area contributed by atoms with Crippen LogP contribution in [-0.2, 0) is 11.3 Å². The van der Waals surface area contributed by atoms with E-state index in [1.165, 1.54) is 6.07 Å². The van der Waals surface area contributed by atoms with Gasteiger partial charge in [-0.05, 0) is 38.2 Å². The van der Waals surface area contributed by atoms with E-state index in [9.17, 15) is 4.39 Å². The van der Waals surface area contributed by atoms with Crippen LogP contribution in [0.1, 0.15) is 12.0 Å². The predicted octanol–water partition coefficient (Wildman–Crippen LogP) is 1.88. The number of benzene rings is 1. The molecule has 1 N–H and O–H groups in total. The molecule has 1 fully saturated rings. The second-order valence-electron chi connectivity index (χ2n) is 5.64. The molecule has 19 heavy (non-hydrogen) atoms. The minimum atomic E-state index is -0.167. The Balaban J connectivity index is 1.94. The normalized spacial score (nSPS) is 23.2. The molecule has 1 aliphatic rings. The Morgan fingerprint density at radius 3 is 2.95 bits per heavy atom. The van der Waals surface area contributed by atoms with Crippen molar-refractivity contribution in [1.29, 1.82) is 0 Å². The lowest BCUT2D eigenvalue weighted by Gasteiger charge is -2.32. The molecular weight excluding hydrogens is 243 g/mol. The van der Waals surface area contributed by atoms with Crippen LogP contribution in [0.2, 0.25) is 0 Å². The minimum Gasteiger partial charge on any atom is -0.381 e. The lowest BCUT2D eigenvalue weighted by Crippen LogP contribution is -2.42. The Labute approximate surface area is 114 Å². The number of halogens is 1. The molecule has 0 radical (unpaired) electrons. The van der Waals surface area contributed by atoms with Crippen molar-refractivity contribution in [2.45, 2.75) is 13.0 Å². The van der Waals surface area contributed by atoms with E-state index >= 15 is 0 Å². The highest BCUT2D eigenvalue weighted by Crippen LogP contribution is 2.29. The summed E-state index contributed by atoms with van der Waals surface area (Å²) in [6.45, 7) is 4.34. The van der Waals surface area contributed by atoms with Gasteiger partial charge in [-0.15, -0.1) is 0 Å². The van der Waals surface area contributed by atoms with E-state index in [4.69, 9.17) is 4.74 Å². The predicted molar refractivity (Wildman–Crippen MR) is 74.5 cm³/mol. The van der Waals surface area contributed by atoms with E-state index < -0.39 is 0 Å². The maximum atomic E-state index is 13.2. The van der Waals surface area contributed by atoms with Gasteiger partial charge >= 0.3 is 0 Å². The highest BCUT2D eigenvalue weighted by molar-refractivity contribution is 5.16. The molecule has 1 heterocycles. The summed E-state index contributed by atoms with van der Waals surface area (Å²) >= 11 is 0. The molecule has 2 rings (SSSR count). The Kier molecular flexibility index (Phi) is 4.91. The first-order chi connectivity index (χ1) is 9.13. The molecule has 0 amide bonds. The number of rotatable bonds is 6. The van der Waals surface area contributed by atoms with Crippen molar-refractivity contribution in [2.24, 2.45) is 5.41 Å². The molecule has 0 saturated carbocycles. The van der Waals surface area contributed by atoms with Crippen LogP contribution in [0.4, 0.5) is 4.39 Å². The largest absolute Gasteiger partial charge is 0.381 e. The summed E-state index contributed by atoms with van der Waals surface area (Å²) in [4.78, 5) is 2.25. The van der Waals surface area contributed by atoms with Gasteiger partial charge in [-0.3, -0.25) is 0 Å². The van der Waals surface area contributed by atoms with Gasteiger partial charge in [0.05, 0.1) is 6.61 Å². The first-order valence-electron chi connectivity index (χ1n) is 6.79. The zero-order chi connectivity index (χ0) is 13.7. The molecule has 0 spiro atoms. The second kappa shape index (κ2) is 6.46. The van der Waals surface area contributed by atoms with Crippen LogP contribution in [-0.4, -0.2) is 45.3 Å². The molecule has 1 aromatic rings. The summed E-state index contributed by atoms with van der Waals surface area (Å²) in [5, 5.41) is 3.26. The monoisotopic (exact) mass is 266 g/mol. The summed E-state index contributed by atoms with van der Waals surface area (Å²) in [6.07, 6.45) is 1.08. The summed E-state index contributed by atoms with van der Waals surface area (Å²) < 4.78 is 18.7. The van der Waals surface area contributed by atoms with Gasteiger partial charge in [0.15, 0.2) is 0 Å². The van der Waals surface area contributed by atoms with E-state index in [1.807, 2.05) is 13.1 Å². The fourth-order valence-electron chi connectivity index (χ4n) is 2.92. The molecule has 1 atom stereocenters. The highest BCUT2D eigenvalue weighted by Gasteiger charge is 2.35. The molecule has 106 valence electrons. The third-order valence-electron chi connectivity index (χ3n) is 3.68. The van der Waals surface area contributed by atoms with Gasteiger partial charge in [-0.25, -0.2) is 4.39 Å². The van der Waals surface area contributed by atoms with Crippen LogP contribution in [0.3, 0.4) is 0 Å². The molecule has 4 heteroatoms. The third-order valence-corrected chi connectivity index (χ3v) is 3.68. The average Bonchev–Trinajstić information content (AvgIpc) is 2.77. The molecule has 1 aliphatic heterocycles. The lowest BCUT2D eigenvalue weighted by atomic mass is 9.86. The Morgan fingerprint density at radius 1 is 1.47 bits per heavy atom. The zero-order valence-electron chi connectivity index (χ0n) is 11.8. The molecule has 1 unspecified atom stereocenters. The molecule has 3 nitrogen and oxygen atoms in total. The average molecular weight is 266 g/mol. The van der Waals surface area contributed by atoms with Gasteiger partial charge in [0.2, 0.25) is 0 Å². The van der Waals surface area contributed by atoms with Crippen molar-refractivity contribution in [3.05, 3.63) is 35.6 Å². The molecular formula is C15H23FN2O. The van der Waals surface area contributed by atoms with Crippen LogP contribution in [0.25, 0.3) is 0 Å². The number of hydrogen-bond acceptors (Lipinski definition) is 3. The summed E-state index contributed by atoms with van der Waals surface area (Å²) in [5.41, 5.74) is 1.21. The number of ether oxygens (including phenoxy) is 1. The molecule has 0 aromatic heterocycles. The highest BCUT2D eigenvalue weighted by atomic mass is 19.1. The lowest BCUT2D eigenvalue weighted by molar-refractivity contribution is 0.118. The molecule has 0 bridgehead atoms. The third kappa shape index (κ3) is 4.00. The van der Waals surface area contributed by atoms with Crippen LogP contribution in [0.5, 0.6) is 0 Å². The van der Waals surface area contributed by atoms with Crippen molar-refractivity contribution in [2.75, 3.05) is 40.4 Å². The van der Waals surface area contributed by atoms with E-state index in [2.05, 4.69) is 17.3 Å². The fourth-order valence-corrected chi connectivity index (χ4v) is 2.92. The van der Waals surface area contributed by atoms with Gasteiger partial charge in [0.25, 0.3) is 0 Å². The van der Waals surface area contributed by atoms with Crippen LogP contribution < -0.4 is 5.32 Å². The zero-order valence-corrected chi connectivity index (χ0v) is 11.8. The fraction of sp³-hybridized carbons (Fsp3) is 0.600. The number of nitrogens with zero attached hydrogens (tertiary/aromatic N) is 1. The van der Waals surface area contributed by atoms with E-state index in [0.29, 0.717) is 0 Å². The smallest absolute Gasteiger partial charge is 0.123 e. The van der Waals surface area contributed by atoms with Gasteiger partial charge in [0, 0.05) is 31.7 Å². The van der Waals surface area contributed by atoms with Crippen molar-refractivity contribution >= 4 is 0 Å². The Hall–Kier alpha value is -0.970. The van der Waals surface area contributed by atoms with Gasteiger partial charge in [-0.2, -0.15) is 0 Å². The van der Waals surface area contributed by atoms with Gasteiger partial charge in [-0.1, -0.05) is 12.1 Å². The van der Waals surface area contributed by atoms with E-state index in [-0.39, 0.29) is 11.2 Å². The van der Waals surface area contributed by atoms with Crippen LogP contribution >= 0.6 is 0 Å². The molecule has 0 aliphatic carbocycles. The SMILES string of the molecule is CNCC1(CN(C)Cc2cccc(F)c2)CCOC1. The topological polar surface area (TPSA) is 24.5 Å². The molecule has 1 saturated heterocycles. The molecule has 1 aromatic carbocycles. The number of hydrogen-bond donors (Lipinski definition) is 1. The van der Waals surface area contributed by atoms with Crippen LogP contribution in [0, 0.1) is 11.2 Å². The minimum absolute atomic E-state index is 0.167. The van der Waals surface area contributed by atoms with Crippen LogP contribution in [0.15, 0.2) is 24.3 Å². The van der Waals surface area contributed by atoms with Crippen molar-refractivity contribution in [3.8, 4) is 0 Å². The first kappa shape index (κ1) is 14.4. The first-order valence-corrected chi connectivity index (χ1v) is 6.79. The Bertz CT molecular complexity index is 405. The van der Waals surface area contributed by atoms with Crippen molar-refractivity contribution in [1.82, 2.24) is 10.2 Å². The van der Waals surface area contributed by atoms with Gasteiger partial charge in [0.1, 0.15) is 5.82 Å². The van der Waals surface area contributed by atoms with E-state index in [1.54, 1.807) is 12.1 Å². The summed E-state index contributed by atoms with van der Waals surface area (Å²) in [7, 11) is 4.06. The van der Waals surface area contributed by atoms with E-state index in [0.717, 1.165) is 44.8 Å². The van der Waals surface area contributed by atoms with Crippen molar-refractivity contribution < 1.29 is 9.13 Å². The van der Waals surface area contributed by atoms with Crippen molar-refractivity contribution in [3.63, 3.8) is 0 Å². The van der Waals surface area contributed by atoms with Gasteiger partial charge < -0.3 is 15.0 Å². The summed E-state index contributed by atoms with van der Waals surface area (Å²) in [5.74, 6) is -0.167. The maximum Gasteiger partial charge on any atom is 0.123 e. The summed E-state index contributed by atoms with van der Waals surface area (Å²) in [6, 6.07) is 6.82. The Morgan fingerprint density at radius 2 is 2.32 bits per heavy atom. The quantitative estimate of drug-likeness (QED) is 0.851. The maximum absolute atomic E-state index is 13.2. The number of nitrogens with one attached hydrogen (secondary N) is 1. The standard InChI is InChI=1S/C15H23FN2O/c1-17-10-15(6-7-19-12-15)11-18(2)9-13-4-3-5-14(16)8-13/h3-5,8,17H,6-7,9-12H2,1-2H3. The second-order valence-corrected chi connectivity index (χ2v) is 5.64.